The van der Waals surface area contributed by atoms with Crippen LogP contribution in [0.5, 0.6) is 0 Å². The zero-order valence-electron chi connectivity index (χ0n) is 9.99. The number of isocyanates is 2. The molecule has 0 unspecified atom stereocenters. The lowest BCUT2D eigenvalue weighted by Crippen LogP contribution is -1.99. The van der Waals surface area contributed by atoms with Gasteiger partial charge in [-0.05, 0) is 42.5 Å². The smallest absolute Gasteiger partial charge is 0.211 e. The normalized spacial score (nSPS) is 9.29. The standard InChI is InChI=1S/C13H14N2O2/c1-3-11-12(6-7-14-8-16)10(2)4-5-13(11)15-9-17/h4-5H,3,6-7H2,1-2H3. The van der Waals surface area contributed by atoms with Gasteiger partial charge in [0.25, 0.3) is 0 Å². The molecule has 0 atom stereocenters. The molecular formula is C13H14N2O2. The van der Waals surface area contributed by atoms with Crippen LogP contribution in [0, 0.1) is 6.92 Å². The van der Waals surface area contributed by atoms with E-state index < -0.39 is 0 Å². The first-order valence-electron chi connectivity index (χ1n) is 5.47. The number of carbonyl (C=O) groups excluding carboxylic acids is 2. The lowest BCUT2D eigenvalue weighted by molar-refractivity contribution is 0.562. The molecule has 0 saturated heterocycles. The second-order valence-corrected chi connectivity index (χ2v) is 3.64. The van der Waals surface area contributed by atoms with E-state index >= 15 is 0 Å². The molecule has 0 saturated carbocycles. The molecule has 88 valence electrons. The van der Waals surface area contributed by atoms with Crippen molar-refractivity contribution in [3.05, 3.63) is 28.8 Å². The van der Waals surface area contributed by atoms with Crippen LogP contribution in [0.1, 0.15) is 23.6 Å². The minimum absolute atomic E-state index is 0.408. The molecule has 0 fully saturated rings. The van der Waals surface area contributed by atoms with E-state index in [1.807, 2.05) is 26.0 Å². The minimum Gasteiger partial charge on any atom is -0.211 e. The van der Waals surface area contributed by atoms with E-state index in [2.05, 4.69) is 9.98 Å². The molecule has 0 amide bonds. The van der Waals surface area contributed by atoms with Crippen LogP contribution in [0.15, 0.2) is 22.1 Å². The Bertz CT molecular complexity index is 496. The van der Waals surface area contributed by atoms with E-state index in [0.717, 1.165) is 23.1 Å². The lowest BCUT2D eigenvalue weighted by atomic mass is 9.96. The summed E-state index contributed by atoms with van der Waals surface area (Å²) in [5.41, 5.74) is 3.89. The number of rotatable bonds is 5. The van der Waals surface area contributed by atoms with Gasteiger partial charge in [0.05, 0.1) is 12.2 Å². The third-order valence-corrected chi connectivity index (χ3v) is 2.70. The second-order valence-electron chi connectivity index (χ2n) is 3.64. The van der Waals surface area contributed by atoms with Crippen molar-refractivity contribution in [1.29, 1.82) is 0 Å². The number of benzene rings is 1. The Labute approximate surface area is 100 Å². The van der Waals surface area contributed by atoms with Crippen molar-refractivity contribution in [1.82, 2.24) is 0 Å². The van der Waals surface area contributed by atoms with Crippen LogP contribution in [-0.4, -0.2) is 18.7 Å². The molecule has 0 bridgehead atoms. The largest absolute Gasteiger partial charge is 0.240 e. The first kappa shape index (κ1) is 13.0. The van der Waals surface area contributed by atoms with Crippen molar-refractivity contribution < 1.29 is 9.59 Å². The Kier molecular flexibility index (Phi) is 5.02. The third kappa shape index (κ3) is 3.22. The molecule has 0 aliphatic heterocycles. The summed E-state index contributed by atoms with van der Waals surface area (Å²) in [6, 6.07) is 3.72. The molecule has 0 spiro atoms. The maximum Gasteiger partial charge on any atom is 0.240 e. The monoisotopic (exact) mass is 230 g/mol. The van der Waals surface area contributed by atoms with Gasteiger partial charge in [-0.3, -0.25) is 0 Å². The van der Waals surface area contributed by atoms with E-state index in [9.17, 15) is 9.59 Å². The van der Waals surface area contributed by atoms with Gasteiger partial charge in [0.1, 0.15) is 0 Å². The molecule has 0 aliphatic rings. The van der Waals surface area contributed by atoms with Crippen LogP contribution in [0.25, 0.3) is 0 Å². The summed E-state index contributed by atoms with van der Waals surface area (Å²) in [6.07, 6.45) is 4.53. The van der Waals surface area contributed by atoms with Crippen molar-refractivity contribution >= 4 is 17.8 Å². The van der Waals surface area contributed by atoms with Crippen molar-refractivity contribution in [3.8, 4) is 0 Å². The fourth-order valence-electron chi connectivity index (χ4n) is 1.91. The van der Waals surface area contributed by atoms with Gasteiger partial charge in [0.2, 0.25) is 12.2 Å². The topological polar surface area (TPSA) is 58.9 Å². The Morgan fingerprint density at radius 2 is 1.94 bits per heavy atom. The first-order valence-corrected chi connectivity index (χ1v) is 5.47. The molecule has 4 heteroatoms. The summed E-state index contributed by atoms with van der Waals surface area (Å²) in [6.45, 7) is 4.41. The number of nitrogens with zero attached hydrogens (tertiary/aromatic N) is 2. The van der Waals surface area contributed by atoms with Crippen LogP contribution in [0.2, 0.25) is 0 Å². The Morgan fingerprint density at radius 3 is 2.53 bits per heavy atom. The molecule has 0 heterocycles. The molecule has 17 heavy (non-hydrogen) atoms. The van der Waals surface area contributed by atoms with Crippen LogP contribution in [0.4, 0.5) is 5.69 Å². The highest BCUT2D eigenvalue weighted by molar-refractivity contribution is 5.58. The summed E-state index contributed by atoms with van der Waals surface area (Å²) in [4.78, 5) is 27.6. The van der Waals surface area contributed by atoms with E-state index in [1.165, 1.54) is 6.08 Å². The predicted octanol–water partition coefficient (Wildman–Crippen LogP) is 2.40. The van der Waals surface area contributed by atoms with Gasteiger partial charge in [-0.1, -0.05) is 13.0 Å². The fourth-order valence-corrected chi connectivity index (χ4v) is 1.91. The van der Waals surface area contributed by atoms with E-state index in [-0.39, 0.29) is 0 Å². The van der Waals surface area contributed by atoms with E-state index in [4.69, 9.17) is 0 Å². The minimum atomic E-state index is 0.408. The van der Waals surface area contributed by atoms with Crippen molar-refractivity contribution in [2.24, 2.45) is 9.98 Å². The number of hydrogen-bond acceptors (Lipinski definition) is 4. The molecule has 0 N–H and O–H groups in total. The summed E-state index contributed by atoms with van der Waals surface area (Å²) in [5.74, 6) is 0. The van der Waals surface area contributed by atoms with Crippen molar-refractivity contribution in [2.45, 2.75) is 26.7 Å². The number of hydrogen-bond donors (Lipinski definition) is 0. The average molecular weight is 230 g/mol. The molecule has 4 nitrogen and oxygen atoms in total. The van der Waals surface area contributed by atoms with Gasteiger partial charge in [-0.25, -0.2) is 14.6 Å². The van der Waals surface area contributed by atoms with Crippen molar-refractivity contribution in [2.75, 3.05) is 6.54 Å². The van der Waals surface area contributed by atoms with Crippen LogP contribution < -0.4 is 0 Å². The van der Waals surface area contributed by atoms with Gasteiger partial charge in [0, 0.05) is 0 Å². The van der Waals surface area contributed by atoms with Gasteiger partial charge in [-0.2, -0.15) is 4.99 Å². The number of aryl methyl sites for hydroxylation is 1. The zero-order valence-corrected chi connectivity index (χ0v) is 9.99. The highest BCUT2D eigenvalue weighted by atomic mass is 16.1. The van der Waals surface area contributed by atoms with Crippen LogP contribution >= 0.6 is 0 Å². The maximum atomic E-state index is 10.3. The lowest BCUT2D eigenvalue weighted by Gasteiger charge is -2.12. The fraction of sp³-hybridized carbons (Fsp3) is 0.385. The SMILES string of the molecule is CCc1c(N=C=O)ccc(C)c1CCN=C=O. The maximum absolute atomic E-state index is 10.3. The zero-order chi connectivity index (χ0) is 12.7. The van der Waals surface area contributed by atoms with Gasteiger partial charge >= 0.3 is 0 Å². The quantitative estimate of drug-likeness (QED) is 0.576. The molecule has 0 aliphatic carbocycles. The first-order chi connectivity index (χ1) is 8.24. The second kappa shape index (κ2) is 6.54. The van der Waals surface area contributed by atoms with Gasteiger partial charge < -0.3 is 0 Å². The van der Waals surface area contributed by atoms with E-state index in [0.29, 0.717) is 18.7 Å². The number of aliphatic imine (C=N–C) groups is 2. The molecule has 1 aromatic carbocycles. The Hall–Kier alpha value is -2.02. The highest BCUT2D eigenvalue weighted by Gasteiger charge is 2.09. The summed E-state index contributed by atoms with van der Waals surface area (Å²) >= 11 is 0. The molecule has 1 rings (SSSR count). The molecule has 1 aromatic rings. The Balaban J connectivity index is 3.19. The Morgan fingerprint density at radius 1 is 1.18 bits per heavy atom. The van der Waals surface area contributed by atoms with Crippen LogP contribution in [0.3, 0.4) is 0 Å². The van der Waals surface area contributed by atoms with E-state index in [1.54, 1.807) is 6.08 Å². The highest BCUT2D eigenvalue weighted by Crippen LogP contribution is 2.26. The summed E-state index contributed by atoms with van der Waals surface area (Å²) in [5, 5.41) is 0. The average Bonchev–Trinajstić information content (AvgIpc) is 2.33. The van der Waals surface area contributed by atoms with Gasteiger partial charge in [0.15, 0.2) is 0 Å². The molecule has 0 radical (unpaired) electrons. The summed E-state index contributed by atoms with van der Waals surface area (Å²) < 4.78 is 0. The third-order valence-electron chi connectivity index (χ3n) is 2.70. The van der Waals surface area contributed by atoms with Gasteiger partial charge in [-0.15, -0.1) is 0 Å². The molecular weight excluding hydrogens is 216 g/mol. The van der Waals surface area contributed by atoms with Crippen molar-refractivity contribution in [3.63, 3.8) is 0 Å². The summed E-state index contributed by atoms with van der Waals surface area (Å²) in [7, 11) is 0. The predicted molar refractivity (Wildman–Crippen MR) is 65.0 cm³/mol. The van der Waals surface area contributed by atoms with Crippen LogP contribution in [-0.2, 0) is 22.4 Å². The molecule has 0 aromatic heterocycles.